The minimum Gasteiger partial charge on any atom is -0.340 e. The van der Waals surface area contributed by atoms with Gasteiger partial charge in [0.25, 0.3) is 0 Å². The summed E-state index contributed by atoms with van der Waals surface area (Å²) in [5, 5.41) is 3.61. The third-order valence-corrected chi connectivity index (χ3v) is 4.10. The summed E-state index contributed by atoms with van der Waals surface area (Å²) >= 11 is 0. The van der Waals surface area contributed by atoms with Crippen LogP contribution < -0.4 is 5.32 Å². The fourth-order valence-corrected chi connectivity index (χ4v) is 2.80. The number of nitrogens with one attached hydrogen (secondary N) is 2. The summed E-state index contributed by atoms with van der Waals surface area (Å²) in [7, 11) is 0. The van der Waals surface area contributed by atoms with Crippen LogP contribution in [0.5, 0.6) is 0 Å². The van der Waals surface area contributed by atoms with Gasteiger partial charge < -0.3 is 10.3 Å². The van der Waals surface area contributed by atoms with Crippen molar-refractivity contribution in [3.8, 4) is 0 Å². The molecule has 2 N–H and O–H groups in total. The predicted octanol–water partition coefficient (Wildman–Crippen LogP) is 3.11. The van der Waals surface area contributed by atoms with E-state index in [4.69, 9.17) is 4.98 Å². The van der Waals surface area contributed by atoms with Gasteiger partial charge in [-0.2, -0.15) is 0 Å². The molecule has 1 unspecified atom stereocenters. The van der Waals surface area contributed by atoms with Gasteiger partial charge in [0, 0.05) is 0 Å². The summed E-state index contributed by atoms with van der Waals surface area (Å²) in [5.74, 6) is 1.09. The van der Waals surface area contributed by atoms with Gasteiger partial charge in [-0.05, 0) is 56.8 Å². The van der Waals surface area contributed by atoms with Crippen molar-refractivity contribution in [3.63, 3.8) is 0 Å². The van der Waals surface area contributed by atoms with Crippen LogP contribution in [0.1, 0.15) is 44.5 Å². The molecule has 1 aliphatic heterocycles. The highest BCUT2D eigenvalue weighted by molar-refractivity contribution is 5.76. The Hall–Kier alpha value is -1.35. The van der Waals surface area contributed by atoms with Crippen molar-refractivity contribution < 1.29 is 0 Å². The van der Waals surface area contributed by atoms with Gasteiger partial charge in [0.1, 0.15) is 5.82 Å². The van der Waals surface area contributed by atoms with E-state index in [1.54, 1.807) is 0 Å². The zero-order chi connectivity index (χ0) is 12.6. The first-order valence-electron chi connectivity index (χ1n) is 6.95. The molecule has 3 rings (SSSR count). The van der Waals surface area contributed by atoms with Crippen LogP contribution in [0.15, 0.2) is 18.2 Å². The lowest BCUT2D eigenvalue weighted by molar-refractivity contribution is 0.271. The Labute approximate surface area is 108 Å². The van der Waals surface area contributed by atoms with E-state index >= 15 is 0 Å². The molecule has 1 aromatic carbocycles. The standard InChI is InChI=1S/C15H21N3/c1-3-11-6-7-12-13(10-11)18-14(17-12)15(2)8-4-5-9-16-15/h6-7,10,16H,3-5,8-9H2,1-2H3,(H,17,18). The number of fused-ring (bicyclic) bond motifs is 1. The Morgan fingerprint density at radius 1 is 1.33 bits per heavy atom. The second-order valence-electron chi connectivity index (χ2n) is 5.51. The Morgan fingerprint density at radius 2 is 2.22 bits per heavy atom. The van der Waals surface area contributed by atoms with Crippen LogP contribution in [0, 0.1) is 0 Å². The molecule has 2 aromatic rings. The molecule has 1 atom stereocenters. The topological polar surface area (TPSA) is 40.7 Å². The van der Waals surface area contributed by atoms with Crippen molar-refractivity contribution >= 4 is 11.0 Å². The zero-order valence-corrected chi connectivity index (χ0v) is 11.2. The highest BCUT2D eigenvalue weighted by atomic mass is 15.1. The maximum absolute atomic E-state index is 4.77. The number of hydrogen-bond donors (Lipinski definition) is 2. The molecular formula is C15H21N3. The van der Waals surface area contributed by atoms with E-state index in [0.29, 0.717) is 0 Å². The van der Waals surface area contributed by atoms with Crippen molar-refractivity contribution in [1.29, 1.82) is 0 Å². The number of aromatic nitrogens is 2. The molecule has 96 valence electrons. The average molecular weight is 243 g/mol. The molecule has 0 aliphatic carbocycles. The van der Waals surface area contributed by atoms with Gasteiger partial charge in [-0.1, -0.05) is 13.0 Å². The van der Waals surface area contributed by atoms with Crippen LogP contribution in [0.4, 0.5) is 0 Å². The summed E-state index contributed by atoms with van der Waals surface area (Å²) in [6.45, 7) is 5.53. The fraction of sp³-hybridized carbons (Fsp3) is 0.533. The van der Waals surface area contributed by atoms with Gasteiger partial charge >= 0.3 is 0 Å². The average Bonchev–Trinajstić information content (AvgIpc) is 2.83. The van der Waals surface area contributed by atoms with E-state index < -0.39 is 0 Å². The van der Waals surface area contributed by atoms with E-state index in [-0.39, 0.29) is 5.54 Å². The summed E-state index contributed by atoms with van der Waals surface area (Å²) < 4.78 is 0. The third-order valence-electron chi connectivity index (χ3n) is 4.10. The molecule has 3 heteroatoms. The van der Waals surface area contributed by atoms with Crippen LogP contribution >= 0.6 is 0 Å². The highest BCUT2D eigenvalue weighted by Gasteiger charge is 2.31. The molecule has 0 spiro atoms. The maximum Gasteiger partial charge on any atom is 0.127 e. The number of aromatic amines is 1. The Balaban J connectivity index is 2.02. The normalized spacial score (nSPS) is 24.6. The van der Waals surface area contributed by atoms with Crippen molar-refractivity contribution in [1.82, 2.24) is 15.3 Å². The number of benzene rings is 1. The Bertz CT molecular complexity index is 550. The molecule has 0 radical (unpaired) electrons. The lowest BCUT2D eigenvalue weighted by atomic mass is 9.90. The van der Waals surface area contributed by atoms with E-state index in [2.05, 4.69) is 42.3 Å². The second kappa shape index (κ2) is 4.39. The first-order chi connectivity index (χ1) is 8.71. The number of hydrogen-bond acceptors (Lipinski definition) is 2. The zero-order valence-electron chi connectivity index (χ0n) is 11.2. The molecule has 1 fully saturated rings. The van der Waals surface area contributed by atoms with Gasteiger partial charge in [0.15, 0.2) is 0 Å². The minimum absolute atomic E-state index is 0.0175. The van der Waals surface area contributed by atoms with E-state index in [9.17, 15) is 0 Å². The molecule has 0 bridgehead atoms. The quantitative estimate of drug-likeness (QED) is 0.851. The third kappa shape index (κ3) is 1.93. The minimum atomic E-state index is 0.0175. The molecule has 3 nitrogen and oxygen atoms in total. The molecule has 2 heterocycles. The predicted molar refractivity (Wildman–Crippen MR) is 74.7 cm³/mol. The number of piperidine rings is 1. The smallest absolute Gasteiger partial charge is 0.127 e. The van der Waals surface area contributed by atoms with Gasteiger partial charge in [0.05, 0.1) is 16.6 Å². The highest BCUT2D eigenvalue weighted by Crippen LogP contribution is 2.29. The summed E-state index contributed by atoms with van der Waals surface area (Å²) in [5.41, 5.74) is 3.62. The molecule has 1 aromatic heterocycles. The molecule has 0 saturated carbocycles. The number of nitrogens with zero attached hydrogens (tertiary/aromatic N) is 1. The number of imidazole rings is 1. The van der Waals surface area contributed by atoms with E-state index in [1.807, 2.05) is 0 Å². The van der Waals surface area contributed by atoms with Crippen LogP contribution in [0.3, 0.4) is 0 Å². The largest absolute Gasteiger partial charge is 0.340 e. The number of rotatable bonds is 2. The van der Waals surface area contributed by atoms with Gasteiger partial charge in [-0.3, -0.25) is 0 Å². The van der Waals surface area contributed by atoms with Gasteiger partial charge in [-0.25, -0.2) is 4.98 Å². The fourth-order valence-electron chi connectivity index (χ4n) is 2.80. The second-order valence-corrected chi connectivity index (χ2v) is 5.51. The molecule has 1 saturated heterocycles. The van der Waals surface area contributed by atoms with Crippen LogP contribution in [-0.2, 0) is 12.0 Å². The lowest BCUT2D eigenvalue weighted by Crippen LogP contribution is -2.44. The number of aryl methyl sites for hydroxylation is 1. The monoisotopic (exact) mass is 243 g/mol. The first kappa shape index (κ1) is 11.7. The van der Waals surface area contributed by atoms with Crippen molar-refractivity contribution in [3.05, 3.63) is 29.6 Å². The Morgan fingerprint density at radius 3 is 2.94 bits per heavy atom. The van der Waals surface area contributed by atoms with E-state index in [0.717, 1.165) is 36.2 Å². The summed E-state index contributed by atoms with van der Waals surface area (Å²) in [6, 6.07) is 6.52. The number of H-pyrrole nitrogens is 1. The maximum atomic E-state index is 4.77. The van der Waals surface area contributed by atoms with Gasteiger partial charge in [-0.15, -0.1) is 0 Å². The van der Waals surface area contributed by atoms with Crippen LogP contribution in [0.25, 0.3) is 11.0 Å². The first-order valence-corrected chi connectivity index (χ1v) is 6.95. The van der Waals surface area contributed by atoms with Crippen molar-refractivity contribution in [2.24, 2.45) is 0 Å². The van der Waals surface area contributed by atoms with Gasteiger partial charge in [0.2, 0.25) is 0 Å². The molecule has 1 aliphatic rings. The van der Waals surface area contributed by atoms with Crippen molar-refractivity contribution in [2.75, 3.05) is 6.54 Å². The lowest BCUT2D eigenvalue weighted by Gasteiger charge is -2.33. The molecule has 18 heavy (non-hydrogen) atoms. The van der Waals surface area contributed by atoms with Crippen molar-refractivity contribution in [2.45, 2.75) is 45.1 Å². The van der Waals surface area contributed by atoms with Crippen LogP contribution in [0.2, 0.25) is 0 Å². The molecule has 0 amide bonds. The SMILES string of the molecule is CCc1ccc2nc(C3(C)CCCCN3)[nH]c2c1. The van der Waals surface area contributed by atoms with E-state index in [1.165, 1.54) is 18.4 Å². The Kier molecular flexibility index (Phi) is 2.86. The summed E-state index contributed by atoms with van der Waals surface area (Å²) in [4.78, 5) is 8.27. The molecular weight excluding hydrogens is 222 g/mol. The van der Waals surface area contributed by atoms with Crippen LogP contribution in [-0.4, -0.2) is 16.5 Å². The summed E-state index contributed by atoms with van der Waals surface area (Å²) in [6.07, 6.45) is 4.78.